The maximum Gasteiger partial charge on any atom is 0.0659 e. The lowest BCUT2D eigenvalue weighted by atomic mass is 10.2. The molecule has 0 N–H and O–H groups in total. The van der Waals surface area contributed by atoms with Crippen LogP contribution in [0.4, 0.5) is 0 Å². The van der Waals surface area contributed by atoms with Gasteiger partial charge in [0, 0.05) is 17.0 Å². The molecule has 0 aliphatic carbocycles. The predicted molar refractivity (Wildman–Crippen MR) is 51.5 cm³/mol. The van der Waals surface area contributed by atoms with Gasteiger partial charge in [-0.2, -0.15) is 0 Å². The number of hydrogen-bond donors (Lipinski definition) is 0. The second-order valence-corrected chi connectivity index (χ2v) is 3.16. The first-order valence-electron chi connectivity index (χ1n) is 3.97. The van der Waals surface area contributed by atoms with Gasteiger partial charge in [0.25, 0.3) is 0 Å². The number of benzene rings is 1. The molecule has 0 amide bonds. The summed E-state index contributed by atoms with van der Waals surface area (Å²) >= 11 is 5.88. The molecular weight excluding hydrogens is 170 g/mol. The van der Waals surface area contributed by atoms with Crippen LogP contribution in [-0.2, 0) is 6.54 Å². The van der Waals surface area contributed by atoms with E-state index in [-0.39, 0.29) is 0 Å². The van der Waals surface area contributed by atoms with E-state index < -0.39 is 0 Å². The van der Waals surface area contributed by atoms with Gasteiger partial charge in [0.05, 0.1) is 11.7 Å². The summed E-state index contributed by atoms with van der Waals surface area (Å²) < 4.78 is 2.06. The minimum atomic E-state index is 0.782. The van der Waals surface area contributed by atoms with Crippen molar-refractivity contribution in [1.29, 1.82) is 0 Å². The molecule has 0 atom stereocenters. The summed E-state index contributed by atoms with van der Waals surface area (Å²) in [5, 5.41) is 1.98. The van der Waals surface area contributed by atoms with Gasteiger partial charge in [0.2, 0.25) is 0 Å². The Morgan fingerprint density at radius 2 is 2.33 bits per heavy atom. The van der Waals surface area contributed by atoms with Crippen molar-refractivity contribution >= 4 is 22.5 Å². The van der Waals surface area contributed by atoms with Gasteiger partial charge < -0.3 is 4.57 Å². The van der Waals surface area contributed by atoms with E-state index in [1.54, 1.807) is 0 Å². The van der Waals surface area contributed by atoms with Crippen molar-refractivity contribution in [2.75, 3.05) is 0 Å². The molecule has 1 radical (unpaired) electrons. The third-order valence-corrected chi connectivity index (χ3v) is 2.21. The van der Waals surface area contributed by atoms with Gasteiger partial charge in [-0.25, -0.2) is 0 Å². The fraction of sp³-hybridized carbons (Fsp3) is 0.200. The maximum absolute atomic E-state index is 5.88. The zero-order valence-electron chi connectivity index (χ0n) is 6.84. The van der Waals surface area contributed by atoms with E-state index in [0.29, 0.717) is 0 Å². The maximum atomic E-state index is 5.88. The average molecular weight is 179 g/mol. The highest BCUT2D eigenvalue weighted by Crippen LogP contribution is 2.19. The van der Waals surface area contributed by atoms with Crippen LogP contribution in [0.1, 0.15) is 6.92 Å². The molecule has 0 fully saturated rings. The zero-order valence-corrected chi connectivity index (χ0v) is 7.60. The molecule has 1 aromatic heterocycles. The Hall–Kier alpha value is -0.950. The molecule has 1 aromatic carbocycles. The molecule has 0 unspecified atom stereocenters. The van der Waals surface area contributed by atoms with E-state index in [2.05, 4.69) is 17.7 Å². The SMILES string of the molecule is CCn1[c]cc2ccc(Cl)cc21. The van der Waals surface area contributed by atoms with Gasteiger partial charge in [0.15, 0.2) is 0 Å². The van der Waals surface area contributed by atoms with Crippen molar-refractivity contribution in [2.24, 2.45) is 0 Å². The molecule has 2 aromatic rings. The summed E-state index contributed by atoms with van der Waals surface area (Å²) in [5.41, 5.74) is 1.16. The van der Waals surface area contributed by atoms with Crippen molar-refractivity contribution < 1.29 is 0 Å². The standard InChI is InChI=1S/C10H9ClN/c1-2-12-6-5-8-3-4-9(11)7-10(8)12/h3-5,7H,2H2,1H3. The first-order valence-corrected chi connectivity index (χ1v) is 4.35. The molecule has 1 nitrogen and oxygen atoms in total. The molecule has 0 aliphatic heterocycles. The smallest absolute Gasteiger partial charge is 0.0659 e. The number of nitrogens with zero attached hydrogens (tertiary/aromatic N) is 1. The topological polar surface area (TPSA) is 4.93 Å². The van der Waals surface area contributed by atoms with Crippen molar-refractivity contribution in [2.45, 2.75) is 13.5 Å². The van der Waals surface area contributed by atoms with Crippen LogP contribution in [0, 0.1) is 6.20 Å². The third kappa shape index (κ3) is 1.10. The van der Waals surface area contributed by atoms with Gasteiger partial charge in [-0.1, -0.05) is 17.7 Å². The number of aromatic nitrogens is 1. The molecular formula is C10H9ClN. The van der Waals surface area contributed by atoms with Gasteiger partial charge in [-0.15, -0.1) is 0 Å². The predicted octanol–water partition coefficient (Wildman–Crippen LogP) is 3.11. The van der Waals surface area contributed by atoms with Crippen LogP contribution >= 0.6 is 11.6 Å². The second kappa shape index (κ2) is 2.83. The Balaban J connectivity index is 2.75. The van der Waals surface area contributed by atoms with Crippen molar-refractivity contribution in [3.63, 3.8) is 0 Å². The van der Waals surface area contributed by atoms with Gasteiger partial charge in [-0.3, -0.25) is 0 Å². The largest absolute Gasteiger partial charge is 0.340 e. The van der Waals surface area contributed by atoms with E-state index in [1.807, 2.05) is 24.3 Å². The molecule has 2 rings (SSSR count). The summed E-state index contributed by atoms with van der Waals surface area (Å²) in [6, 6.07) is 7.87. The Labute approximate surface area is 76.6 Å². The summed E-state index contributed by atoms with van der Waals surface area (Å²) in [6.45, 7) is 3.03. The number of hydrogen-bond acceptors (Lipinski definition) is 0. The first-order chi connectivity index (χ1) is 5.81. The normalized spacial score (nSPS) is 10.8. The monoisotopic (exact) mass is 178 g/mol. The van der Waals surface area contributed by atoms with Crippen molar-refractivity contribution in [3.05, 3.63) is 35.5 Å². The van der Waals surface area contributed by atoms with Crippen LogP contribution in [0.15, 0.2) is 24.3 Å². The van der Waals surface area contributed by atoms with E-state index in [9.17, 15) is 0 Å². The average Bonchev–Trinajstić information content (AvgIpc) is 2.46. The van der Waals surface area contributed by atoms with E-state index in [1.165, 1.54) is 5.39 Å². The van der Waals surface area contributed by atoms with Crippen LogP contribution in [0.2, 0.25) is 5.02 Å². The number of aryl methyl sites for hydroxylation is 1. The first kappa shape index (κ1) is 7.69. The number of halogens is 1. The fourth-order valence-corrected chi connectivity index (χ4v) is 1.52. The molecule has 0 bridgehead atoms. The van der Waals surface area contributed by atoms with Gasteiger partial charge in [-0.05, 0) is 25.1 Å². The summed E-state index contributed by atoms with van der Waals surface area (Å²) in [7, 11) is 0. The number of fused-ring (bicyclic) bond motifs is 1. The Morgan fingerprint density at radius 3 is 3.08 bits per heavy atom. The lowest BCUT2D eigenvalue weighted by Gasteiger charge is -1.99. The molecule has 0 aliphatic rings. The Kier molecular flexibility index (Phi) is 1.81. The van der Waals surface area contributed by atoms with E-state index in [0.717, 1.165) is 17.1 Å². The Morgan fingerprint density at radius 1 is 1.50 bits per heavy atom. The highest BCUT2D eigenvalue weighted by Gasteiger charge is 1.99. The van der Waals surface area contributed by atoms with Crippen molar-refractivity contribution in [3.8, 4) is 0 Å². The van der Waals surface area contributed by atoms with E-state index >= 15 is 0 Å². The highest BCUT2D eigenvalue weighted by molar-refractivity contribution is 6.31. The van der Waals surface area contributed by atoms with Crippen LogP contribution in [-0.4, -0.2) is 4.57 Å². The molecule has 61 valence electrons. The minimum Gasteiger partial charge on any atom is -0.340 e. The number of rotatable bonds is 1. The Bertz CT molecular complexity index is 403. The van der Waals surface area contributed by atoms with E-state index in [4.69, 9.17) is 11.6 Å². The lowest BCUT2D eigenvalue weighted by Crippen LogP contribution is -1.90. The highest BCUT2D eigenvalue weighted by atomic mass is 35.5. The van der Waals surface area contributed by atoms with Crippen LogP contribution in [0.5, 0.6) is 0 Å². The van der Waals surface area contributed by atoms with Gasteiger partial charge in [0.1, 0.15) is 0 Å². The summed E-state index contributed by atoms with van der Waals surface area (Å²) in [4.78, 5) is 0. The second-order valence-electron chi connectivity index (χ2n) is 2.72. The minimum absolute atomic E-state index is 0.782. The lowest BCUT2D eigenvalue weighted by molar-refractivity contribution is 0.792. The zero-order chi connectivity index (χ0) is 8.55. The summed E-state index contributed by atoms with van der Waals surface area (Å²) in [6.07, 6.45) is 3.15. The van der Waals surface area contributed by atoms with Crippen molar-refractivity contribution in [1.82, 2.24) is 4.57 Å². The van der Waals surface area contributed by atoms with Gasteiger partial charge >= 0.3 is 0 Å². The molecule has 1 heterocycles. The van der Waals surface area contributed by atoms with Crippen LogP contribution < -0.4 is 0 Å². The molecule has 0 saturated heterocycles. The third-order valence-electron chi connectivity index (χ3n) is 1.98. The van der Waals surface area contributed by atoms with Crippen LogP contribution in [0.3, 0.4) is 0 Å². The fourth-order valence-electron chi connectivity index (χ4n) is 1.35. The quantitative estimate of drug-likeness (QED) is 0.633. The molecule has 0 spiro atoms. The molecule has 2 heteroatoms. The van der Waals surface area contributed by atoms with Crippen LogP contribution in [0.25, 0.3) is 10.9 Å². The molecule has 12 heavy (non-hydrogen) atoms. The molecule has 0 saturated carbocycles. The summed E-state index contributed by atoms with van der Waals surface area (Å²) in [5.74, 6) is 0.